The number of rotatable bonds is 5. The first-order valence-corrected chi connectivity index (χ1v) is 5.91. The Morgan fingerprint density at radius 2 is 2.31 bits per heavy atom. The van der Waals surface area contributed by atoms with Gasteiger partial charge >= 0.3 is 0 Å². The first-order valence-electron chi connectivity index (χ1n) is 5.03. The van der Waals surface area contributed by atoms with Gasteiger partial charge in [0.2, 0.25) is 0 Å². The lowest BCUT2D eigenvalue weighted by atomic mass is 9.97. The van der Waals surface area contributed by atoms with Gasteiger partial charge in [0, 0.05) is 10.9 Å². The molecule has 0 spiro atoms. The maximum atomic E-state index is 6.08. The van der Waals surface area contributed by atoms with Crippen molar-refractivity contribution in [2.75, 3.05) is 0 Å². The third kappa shape index (κ3) is 3.49. The summed E-state index contributed by atoms with van der Waals surface area (Å²) >= 11 is 1.77. The zero-order chi connectivity index (χ0) is 9.68. The monoisotopic (exact) mass is 197 g/mol. The van der Waals surface area contributed by atoms with Crippen molar-refractivity contribution in [1.82, 2.24) is 0 Å². The molecule has 1 aromatic heterocycles. The first-order chi connectivity index (χ1) is 6.24. The molecule has 0 radical (unpaired) electrons. The maximum Gasteiger partial charge on any atom is 0.0392 e. The van der Waals surface area contributed by atoms with Crippen LogP contribution in [0.15, 0.2) is 17.5 Å². The van der Waals surface area contributed by atoms with E-state index in [1.807, 2.05) is 0 Å². The molecule has 0 aliphatic rings. The molecule has 1 heterocycles. The van der Waals surface area contributed by atoms with E-state index in [2.05, 4.69) is 31.4 Å². The van der Waals surface area contributed by atoms with Crippen LogP contribution in [0.3, 0.4) is 0 Å². The molecule has 0 aliphatic carbocycles. The highest BCUT2D eigenvalue weighted by molar-refractivity contribution is 7.10. The zero-order valence-corrected chi connectivity index (χ0v) is 9.31. The van der Waals surface area contributed by atoms with Crippen LogP contribution in [0.2, 0.25) is 0 Å². The first kappa shape index (κ1) is 10.7. The lowest BCUT2D eigenvalue weighted by Gasteiger charge is -2.15. The van der Waals surface area contributed by atoms with Gasteiger partial charge in [-0.3, -0.25) is 0 Å². The molecule has 2 atom stereocenters. The van der Waals surface area contributed by atoms with Crippen LogP contribution in [0.25, 0.3) is 0 Å². The molecule has 1 aromatic rings. The van der Waals surface area contributed by atoms with E-state index in [0.29, 0.717) is 0 Å². The normalized spacial score (nSPS) is 15.6. The third-order valence-electron chi connectivity index (χ3n) is 2.35. The van der Waals surface area contributed by atoms with E-state index in [0.717, 1.165) is 12.3 Å². The third-order valence-corrected chi connectivity index (χ3v) is 3.35. The molecule has 0 aliphatic heterocycles. The largest absolute Gasteiger partial charge is 0.323 e. The molecule has 0 fully saturated rings. The molecule has 0 amide bonds. The van der Waals surface area contributed by atoms with Crippen molar-refractivity contribution in [3.63, 3.8) is 0 Å². The number of hydrogen-bond acceptors (Lipinski definition) is 2. The zero-order valence-electron chi connectivity index (χ0n) is 8.49. The maximum absolute atomic E-state index is 6.08. The summed E-state index contributed by atoms with van der Waals surface area (Å²) in [5.74, 6) is 0.752. The summed E-state index contributed by atoms with van der Waals surface area (Å²) in [5, 5.41) is 2.10. The highest BCUT2D eigenvalue weighted by Gasteiger charge is 2.10. The molecule has 13 heavy (non-hydrogen) atoms. The van der Waals surface area contributed by atoms with E-state index in [-0.39, 0.29) is 6.04 Å². The van der Waals surface area contributed by atoms with Gasteiger partial charge in [-0.1, -0.05) is 32.8 Å². The molecule has 1 rings (SSSR count). The predicted octanol–water partition coefficient (Wildman–Crippen LogP) is 3.57. The Labute approximate surface area is 85.0 Å². The fourth-order valence-corrected chi connectivity index (χ4v) is 2.40. The molecule has 0 saturated carbocycles. The smallest absolute Gasteiger partial charge is 0.0392 e. The molecule has 74 valence electrons. The van der Waals surface area contributed by atoms with Crippen molar-refractivity contribution in [2.45, 2.75) is 39.2 Å². The average molecular weight is 197 g/mol. The van der Waals surface area contributed by atoms with Gasteiger partial charge in [-0.15, -0.1) is 11.3 Å². The van der Waals surface area contributed by atoms with E-state index < -0.39 is 0 Å². The Bertz CT molecular complexity index is 218. The van der Waals surface area contributed by atoms with Crippen molar-refractivity contribution in [2.24, 2.45) is 11.7 Å². The molecule has 1 nitrogen and oxygen atoms in total. The second kappa shape index (κ2) is 5.40. The summed E-state index contributed by atoms with van der Waals surface area (Å²) in [6.07, 6.45) is 3.67. The standard InChI is InChI=1S/C11H19NS/c1-3-5-9(2)8-10(12)11-6-4-7-13-11/h4,6-7,9-10H,3,5,8,12H2,1-2H3. The average Bonchev–Trinajstić information content (AvgIpc) is 2.55. The van der Waals surface area contributed by atoms with Crippen molar-refractivity contribution < 1.29 is 0 Å². The fourth-order valence-electron chi connectivity index (χ4n) is 1.66. The van der Waals surface area contributed by atoms with Gasteiger partial charge in [-0.25, -0.2) is 0 Å². The van der Waals surface area contributed by atoms with Crippen LogP contribution in [0.4, 0.5) is 0 Å². The van der Waals surface area contributed by atoms with E-state index in [1.54, 1.807) is 11.3 Å². The predicted molar refractivity (Wildman–Crippen MR) is 59.9 cm³/mol. The summed E-state index contributed by atoms with van der Waals surface area (Å²) < 4.78 is 0. The van der Waals surface area contributed by atoms with Gasteiger partial charge in [0.05, 0.1) is 0 Å². The quantitative estimate of drug-likeness (QED) is 0.767. The highest BCUT2D eigenvalue weighted by Crippen LogP contribution is 2.24. The Morgan fingerprint density at radius 1 is 1.54 bits per heavy atom. The summed E-state index contributed by atoms with van der Waals surface area (Å²) in [4.78, 5) is 1.32. The van der Waals surface area contributed by atoms with Gasteiger partial charge in [0.1, 0.15) is 0 Å². The van der Waals surface area contributed by atoms with Crippen LogP contribution < -0.4 is 5.73 Å². The molecule has 0 aromatic carbocycles. The van der Waals surface area contributed by atoms with Gasteiger partial charge in [-0.2, -0.15) is 0 Å². The second-order valence-electron chi connectivity index (χ2n) is 3.75. The van der Waals surface area contributed by atoms with Crippen LogP contribution >= 0.6 is 11.3 Å². The minimum absolute atomic E-state index is 0.251. The van der Waals surface area contributed by atoms with Crippen molar-refractivity contribution in [1.29, 1.82) is 0 Å². The summed E-state index contributed by atoms with van der Waals surface area (Å²) in [5.41, 5.74) is 6.08. The van der Waals surface area contributed by atoms with E-state index in [4.69, 9.17) is 5.73 Å². The van der Waals surface area contributed by atoms with Crippen molar-refractivity contribution in [3.05, 3.63) is 22.4 Å². The van der Waals surface area contributed by atoms with Gasteiger partial charge in [0.25, 0.3) is 0 Å². The lowest BCUT2D eigenvalue weighted by Crippen LogP contribution is -2.12. The highest BCUT2D eigenvalue weighted by atomic mass is 32.1. The van der Waals surface area contributed by atoms with Gasteiger partial charge in [-0.05, 0) is 23.8 Å². The van der Waals surface area contributed by atoms with Gasteiger partial charge < -0.3 is 5.73 Å². The van der Waals surface area contributed by atoms with E-state index in [1.165, 1.54) is 17.7 Å². The molecule has 2 heteroatoms. The Morgan fingerprint density at radius 3 is 2.85 bits per heavy atom. The van der Waals surface area contributed by atoms with Crippen molar-refractivity contribution >= 4 is 11.3 Å². The van der Waals surface area contributed by atoms with Crippen LogP contribution in [0, 0.1) is 5.92 Å². The molecular weight excluding hydrogens is 178 g/mol. The Balaban J connectivity index is 2.37. The van der Waals surface area contributed by atoms with Crippen LogP contribution in [-0.2, 0) is 0 Å². The topological polar surface area (TPSA) is 26.0 Å². The van der Waals surface area contributed by atoms with Crippen molar-refractivity contribution in [3.8, 4) is 0 Å². The van der Waals surface area contributed by atoms with E-state index in [9.17, 15) is 0 Å². The van der Waals surface area contributed by atoms with Gasteiger partial charge in [0.15, 0.2) is 0 Å². The minimum atomic E-state index is 0.251. The summed E-state index contributed by atoms with van der Waals surface area (Å²) in [7, 11) is 0. The lowest BCUT2D eigenvalue weighted by molar-refractivity contribution is 0.443. The summed E-state index contributed by atoms with van der Waals surface area (Å²) in [6.45, 7) is 4.52. The number of nitrogens with two attached hydrogens (primary N) is 1. The molecule has 0 bridgehead atoms. The number of hydrogen-bond donors (Lipinski definition) is 1. The fraction of sp³-hybridized carbons (Fsp3) is 0.636. The minimum Gasteiger partial charge on any atom is -0.323 e. The molecular formula is C11H19NS. The second-order valence-corrected chi connectivity index (χ2v) is 4.73. The molecule has 2 unspecified atom stereocenters. The van der Waals surface area contributed by atoms with Crippen LogP contribution in [0.1, 0.15) is 44.0 Å². The van der Waals surface area contributed by atoms with Crippen LogP contribution in [0.5, 0.6) is 0 Å². The Hall–Kier alpha value is -0.340. The summed E-state index contributed by atoms with van der Waals surface area (Å²) in [6, 6.07) is 4.46. The Kier molecular flexibility index (Phi) is 4.46. The molecule has 0 saturated heterocycles. The van der Waals surface area contributed by atoms with E-state index >= 15 is 0 Å². The number of thiophene rings is 1. The molecule has 2 N–H and O–H groups in total. The van der Waals surface area contributed by atoms with Crippen LogP contribution in [-0.4, -0.2) is 0 Å². The SMILES string of the molecule is CCCC(C)CC(N)c1cccs1.